The summed E-state index contributed by atoms with van der Waals surface area (Å²) in [6.07, 6.45) is 0.786. The lowest BCUT2D eigenvalue weighted by Crippen LogP contribution is -2.42. The van der Waals surface area contributed by atoms with Crippen LogP contribution in [0.2, 0.25) is 0 Å². The zero-order valence-electron chi connectivity index (χ0n) is 12.3. The number of hydrogen-bond donors (Lipinski definition) is 2. The highest BCUT2D eigenvalue weighted by molar-refractivity contribution is 7.99. The Kier molecular flexibility index (Phi) is 5.92. The van der Waals surface area contributed by atoms with Gasteiger partial charge in [0.15, 0.2) is 5.96 Å². The Balaban J connectivity index is 1.89. The molecular weight excluding hydrogens is 284 g/mol. The minimum absolute atomic E-state index is 0.0642. The molecule has 0 unspecified atom stereocenters. The van der Waals surface area contributed by atoms with Crippen molar-refractivity contribution in [2.45, 2.75) is 6.42 Å². The number of hydrogen-bond acceptors (Lipinski definition) is 3. The van der Waals surface area contributed by atoms with Crippen LogP contribution in [0.1, 0.15) is 15.9 Å². The van der Waals surface area contributed by atoms with Crippen LogP contribution in [0.15, 0.2) is 29.3 Å². The monoisotopic (exact) mass is 306 g/mol. The van der Waals surface area contributed by atoms with Crippen molar-refractivity contribution in [3.8, 4) is 0 Å². The molecule has 5 nitrogen and oxygen atoms in total. The molecule has 1 aromatic carbocycles. The topological polar surface area (TPSA) is 70.7 Å². The number of carbonyl (C=O) groups is 1. The van der Waals surface area contributed by atoms with E-state index in [0.29, 0.717) is 18.1 Å². The number of rotatable bonds is 4. The second-order valence-electron chi connectivity index (χ2n) is 4.87. The van der Waals surface area contributed by atoms with Crippen LogP contribution in [-0.2, 0) is 6.42 Å². The van der Waals surface area contributed by atoms with Crippen molar-refractivity contribution in [1.82, 2.24) is 10.2 Å². The maximum Gasteiger partial charge on any atom is 0.251 e. The second-order valence-corrected chi connectivity index (χ2v) is 6.09. The van der Waals surface area contributed by atoms with E-state index in [4.69, 9.17) is 5.73 Å². The average Bonchev–Trinajstić information content (AvgIpc) is 2.55. The van der Waals surface area contributed by atoms with Crippen LogP contribution in [0.3, 0.4) is 0 Å². The van der Waals surface area contributed by atoms with Crippen molar-refractivity contribution in [2.24, 2.45) is 10.7 Å². The number of nitrogens with one attached hydrogen (secondary N) is 1. The van der Waals surface area contributed by atoms with Crippen molar-refractivity contribution in [2.75, 3.05) is 38.2 Å². The number of nitrogens with two attached hydrogens (primary N) is 1. The van der Waals surface area contributed by atoms with Gasteiger partial charge >= 0.3 is 0 Å². The predicted molar refractivity (Wildman–Crippen MR) is 88.9 cm³/mol. The number of aliphatic imine (C=N–C) groups is 1. The molecular formula is C15H22N4OS. The molecule has 2 rings (SSSR count). The molecule has 0 aromatic heterocycles. The van der Waals surface area contributed by atoms with Gasteiger partial charge in [-0.15, -0.1) is 0 Å². The first-order valence-corrected chi connectivity index (χ1v) is 8.30. The number of amides is 1. The molecule has 0 radical (unpaired) electrons. The molecule has 1 aliphatic rings. The Morgan fingerprint density at radius 3 is 2.90 bits per heavy atom. The van der Waals surface area contributed by atoms with Gasteiger partial charge in [-0.3, -0.25) is 9.79 Å². The smallest absolute Gasteiger partial charge is 0.251 e. The molecule has 0 atom stereocenters. The van der Waals surface area contributed by atoms with Gasteiger partial charge in [-0.25, -0.2) is 0 Å². The van der Waals surface area contributed by atoms with Gasteiger partial charge in [-0.2, -0.15) is 11.8 Å². The summed E-state index contributed by atoms with van der Waals surface area (Å²) in [4.78, 5) is 18.2. The molecule has 1 aliphatic heterocycles. The molecule has 0 bridgehead atoms. The van der Waals surface area contributed by atoms with E-state index in [1.54, 1.807) is 7.05 Å². The van der Waals surface area contributed by atoms with Crippen LogP contribution in [0.25, 0.3) is 0 Å². The van der Waals surface area contributed by atoms with Crippen molar-refractivity contribution < 1.29 is 4.79 Å². The molecule has 21 heavy (non-hydrogen) atoms. The van der Waals surface area contributed by atoms with Gasteiger partial charge in [0.05, 0.1) is 0 Å². The van der Waals surface area contributed by atoms with Gasteiger partial charge in [-0.05, 0) is 24.1 Å². The van der Waals surface area contributed by atoms with E-state index in [1.165, 1.54) is 0 Å². The van der Waals surface area contributed by atoms with Gasteiger partial charge in [0.25, 0.3) is 5.91 Å². The van der Waals surface area contributed by atoms with Crippen molar-refractivity contribution >= 4 is 23.6 Å². The molecule has 1 heterocycles. The van der Waals surface area contributed by atoms with Crippen LogP contribution in [0.5, 0.6) is 0 Å². The van der Waals surface area contributed by atoms with E-state index in [0.717, 1.165) is 36.6 Å². The van der Waals surface area contributed by atoms with E-state index in [9.17, 15) is 4.79 Å². The fourth-order valence-electron chi connectivity index (χ4n) is 2.20. The SMILES string of the molecule is CNC(=O)c1cccc(CCN=C(N)N2CCSCC2)c1. The van der Waals surface area contributed by atoms with Crippen molar-refractivity contribution in [1.29, 1.82) is 0 Å². The Bertz CT molecular complexity index is 512. The van der Waals surface area contributed by atoms with Gasteiger partial charge in [0.1, 0.15) is 0 Å². The summed E-state index contributed by atoms with van der Waals surface area (Å²) < 4.78 is 0. The number of thioether (sulfide) groups is 1. The van der Waals surface area contributed by atoms with Crippen LogP contribution in [-0.4, -0.2) is 55.0 Å². The first-order chi connectivity index (χ1) is 10.2. The molecule has 0 spiro atoms. The van der Waals surface area contributed by atoms with Crippen molar-refractivity contribution in [3.63, 3.8) is 0 Å². The highest BCUT2D eigenvalue weighted by Gasteiger charge is 2.11. The normalized spacial score (nSPS) is 15.9. The first kappa shape index (κ1) is 15.7. The first-order valence-electron chi connectivity index (χ1n) is 7.14. The number of guanidine groups is 1. The predicted octanol–water partition coefficient (Wildman–Crippen LogP) is 0.952. The number of nitrogens with zero attached hydrogens (tertiary/aromatic N) is 2. The Morgan fingerprint density at radius 2 is 2.19 bits per heavy atom. The Morgan fingerprint density at radius 1 is 1.43 bits per heavy atom. The number of carbonyl (C=O) groups excluding carboxylic acids is 1. The maximum absolute atomic E-state index is 11.6. The summed E-state index contributed by atoms with van der Waals surface area (Å²) in [7, 11) is 1.64. The molecule has 114 valence electrons. The summed E-state index contributed by atoms with van der Waals surface area (Å²) in [5.41, 5.74) is 7.79. The van der Waals surface area contributed by atoms with E-state index < -0.39 is 0 Å². The second kappa shape index (κ2) is 7.93. The molecule has 3 N–H and O–H groups in total. The quantitative estimate of drug-likeness (QED) is 0.642. The van der Waals surface area contributed by atoms with E-state index in [2.05, 4.69) is 15.2 Å². The van der Waals surface area contributed by atoms with E-state index >= 15 is 0 Å². The van der Waals surface area contributed by atoms with Gasteiger partial charge < -0.3 is 16.0 Å². The lowest BCUT2D eigenvalue weighted by molar-refractivity contribution is 0.0963. The summed E-state index contributed by atoms with van der Waals surface area (Å²) in [5, 5.41) is 2.63. The highest BCUT2D eigenvalue weighted by Crippen LogP contribution is 2.09. The largest absolute Gasteiger partial charge is 0.370 e. The third-order valence-electron chi connectivity index (χ3n) is 3.43. The average molecular weight is 306 g/mol. The van der Waals surface area contributed by atoms with Crippen LogP contribution in [0, 0.1) is 0 Å². The van der Waals surface area contributed by atoms with Gasteiger partial charge in [-0.1, -0.05) is 12.1 Å². The fourth-order valence-corrected chi connectivity index (χ4v) is 3.11. The molecule has 0 saturated carbocycles. The summed E-state index contributed by atoms with van der Waals surface area (Å²) >= 11 is 1.95. The Hall–Kier alpha value is -1.69. The third kappa shape index (κ3) is 4.67. The third-order valence-corrected chi connectivity index (χ3v) is 4.37. The van der Waals surface area contributed by atoms with Crippen molar-refractivity contribution in [3.05, 3.63) is 35.4 Å². The molecule has 6 heteroatoms. The minimum atomic E-state index is -0.0642. The van der Waals surface area contributed by atoms with Gasteiger partial charge in [0, 0.05) is 43.8 Å². The van der Waals surface area contributed by atoms with Crippen LogP contribution >= 0.6 is 11.8 Å². The molecule has 1 fully saturated rings. The van der Waals surface area contributed by atoms with Gasteiger partial charge in [0.2, 0.25) is 0 Å². The molecule has 1 saturated heterocycles. The zero-order valence-corrected chi connectivity index (χ0v) is 13.2. The van der Waals surface area contributed by atoms with Crippen LogP contribution < -0.4 is 11.1 Å². The Labute approximate surface area is 130 Å². The zero-order chi connectivity index (χ0) is 15.1. The van der Waals surface area contributed by atoms with Crippen LogP contribution in [0.4, 0.5) is 0 Å². The molecule has 1 aromatic rings. The standard InChI is InChI=1S/C15H22N4OS/c1-17-14(20)13-4-2-3-12(11-13)5-6-18-15(16)19-7-9-21-10-8-19/h2-4,11H,5-10H2,1H3,(H2,16,18)(H,17,20). The lowest BCUT2D eigenvalue weighted by Gasteiger charge is -2.27. The summed E-state index contributed by atoms with van der Waals surface area (Å²) in [5.74, 6) is 2.80. The summed E-state index contributed by atoms with van der Waals surface area (Å²) in [6, 6.07) is 7.62. The van der Waals surface area contributed by atoms with E-state index in [1.807, 2.05) is 36.0 Å². The van der Waals surface area contributed by atoms with E-state index in [-0.39, 0.29) is 5.91 Å². The minimum Gasteiger partial charge on any atom is -0.370 e. The maximum atomic E-state index is 11.6. The molecule has 1 amide bonds. The lowest BCUT2D eigenvalue weighted by atomic mass is 10.1. The highest BCUT2D eigenvalue weighted by atomic mass is 32.2. The summed E-state index contributed by atoms with van der Waals surface area (Å²) in [6.45, 7) is 2.60. The fraction of sp³-hybridized carbons (Fsp3) is 0.467. The molecule has 0 aliphatic carbocycles. The number of benzene rings is 1.